The number of anilines is 1. The molecule has 1 atom stereocenters. The van der Waals surface area contributed by atoms with Crippen molar-refractivity contribution < 1.29 is 4.74 Å². The van der Waals surface area contributed by atoms with Gasteiger partial charge in [-0.1, -0.05) is 12.1 Å². The minimum absolute atomic E-state index is 0.0509. The van der Waals surface area contributed by atoms with E-state index >= 15 is 0 Å². The zero-order valence-corrected chi connectivity index (χ0v) is 18.4. The van der Waals surface area contributed by atoms with Crippen LogP contribution in [0, 0.1) is 5.41 Å². The smallest absolute Gasteiger partial charge is 0.213 e. The number of nitrogens with zero attached hydrogens (tertiary/aromatic N) is 6. The van der Waals surface area contributed by atoms with E-state index in [4.69, 9.17) is 15.5 Å². The molecule has 1 aliphatic carbocycles. The third kappa shape index (κ3) is 2.79. The molecule has 4 aromatic heterocycles. The normalized spacial score (nSPS) is 22.3. The SMILES string of the molecule is N[C@@H]1c2cccnc2CC12CCN(c1nc3[nH]nc(C4=CCOCC4)c3c3nccn13)CC2. The van der Waals surface area contributed by atoms with E-state index in [1.54, 1.807) is 0 Å². The highest BCUT2D eigenvalue weighted by Crippen LogP contribution is 2.50. The molecule has 1 saturated heterocycles. The zero-order valence-electron chi connectivity index (χ0n) is 18.4. The number of hydrogen-bond acceptors (Lipinski definition) is 7. The maximum absolute atomic E-state index is 6.75. The van der Waals surface area contributed by atoms with Crippen LogP contribution in [0.1, 0.15) is 42.3 Å². The van der Waals surface area contributed by atoms with Crippen molar-refractivity contribution in [2.45, 2.75) is 31.7 Å². The van der Waals surface area contributed by atoms with E-state index in [-0.39, 0.29) is 11.5 Å². The summed E-state index contributed by atoms with van der Waals surface area (Å²) in [7, 11) is 0. The Balaban J connectivity index is 1.23. The summed E-state index contributed by atoms with van der Waals surface area (Å²) in [5.41, 5.74) is 13.0. The maximum atomic E-state index is 6.75. The highest BCUT2D eigenvalue weighted by molar-refractivity contribution is 5.98. The second-order valence-electron chi connectivity index (χ2n) is 9.43. The van der Waals surface area contributed by atoms with Crippen LogP contribution in [0.2, 0.25) is 0 Å². The fourth-order valence-corrected chi connectivity index (χ4v) is 5.92. The molecule has 0 aromatic carbocycles. The lowest BCUT2D eigenvalue weighted by atomic mass is 9.73. The molecule has 0 unspecified atom stereocenters. The van der Waals surface area contributed by atoms with Crippen molar-refractivity contribution in [3.05, 3.63) is 53.8 Å². The topological polar surface area (TPSA) is 110 Å². The number of rotatable bonds is 2. The van der Waals surface area contributed by atoms with Gasteiger partial charge in [-0.15, -0.1) is 0 Å². The van der Waals surface area contributed by atoms with Gasteiger partial charge in [0.1, 0.15) is 5.69 Å². The van der Waals surface area contributed by atoms with Gasteiger partial charge in [-0.05, 0) is 48.3 Å². The molecule has 0 bridgehead atoms. The number of nitrogens with two attached hydrogens (primary N) is 1. The quantitative estimate of drug-likeness (QED) is 0.491. The highest BCUT2D eigenvalue weighted by atomic mass is 16.5. The van der Waals surface area contributed by atoms with Gasteiger partial charge in [-0.3, -0.25) is 14.5 Å². The van der Waals surface area contributed by atoms with Crippen molar-refractivity contribution >= 4 is 28.2 Å². The van der Waals surface area contributed by atoms with Gasteiger partial charge in [0.25, 0.3) is 0 Å². The van der Waals surface area contributed by atoms with Crippen molar-refractivity contribution in [3.8, 4) is 0 Å². The monoisotopic (exact) mass is 442 g/mol. The summed E-state index contributed by atoms with van der Waals surface area (Å²) in [6.45, 7) is 3.14. The van der Waals surface area contributed by atoms with Gasteiger partial charge in [0.15, 0.2) is 11.3 Å². The van der Waals surface area contributed by atoms with Gasteiger partial charge in [0.2, 0.25) is 5.95 Å². The second-order valence-corrected chi connectivity index (χ2v) is 9.43. The molecule has 3 N–H and O–H groups in total. The number of ether oxygens (including phenoxy) is 1. The van der Waals surface area contributed by atoms with Gasteiger partial charge in [-0.2, -0.15) is 10.1 Å². The predicted molar refractivity (Wildman–Crippen MR) is 125 cm³/mol. The average molecular weight is 443 g/mol. The van der Waals surface area contributed by atoms with Crippen molar-refractivity contribution in [1.82, 2.24) is 29.5 Å². The first-order valence-electron chi connectivity index (χ1n) is 11.7. The molecule has 0 amide bonds. The number of hydrogen-bond donors (Lipinski definition) is 2. The van der Waals surface area contributed by atoms with Crippen LogP contribution in [0.4, 0.5) is 5.95 Å². The Morgan fingerprint density at radius 1 is 1.18 bits per heavy atom. The number of pyridine rings is 1. The van der Waals surface area contributed by atoms with E-state index in [2.05, 4.69) is 41.6 Å². The fourth-order valence-electron chi connectivity index (χ4n) is 5.92. The second kappa shape index (κ2) is 7.10. The van der Waals surface area contributed by atoms with E-state index in [0.717, 1.165) is 67.1 Å². The Bertz CT molecular complexity index is 1390. The molecule has 2 aliphatic heterocycles. The lowest BCUT2D eigenvalue weighted by molar-refractivity contribution is 0.161. The van der Waals surface area contributed by atoms with Gasteiger partial charge >= 0.3 is 0 Å². The molecule has 3 aliphatic rings. The van der Waals surface area contributed by atoms with E-state index in [1.165, 1.54) is 16.8 Å². The predicted octanol–water partition coefficient (Wildman–Crippen LogP) is 2.65. The minimum Gasteiger partial charge on any atom is -0.377 e. The summed E-state index contributed by atoms with van der Waals surface area (Å²) in [6.07, 6.45) is 11.7. The van der Waals surface area contributed by atoms with E-state index < -0.39 is 0 Å². The number of piperidine rings is 1. The molecule has 33 heavy (non-hydrogen) atoms. The Morgan fingerprint density at radius 3 is 2.91 bits per heavy atom. The van der Waals surface area contributed by atoms with E-state index in [9.17, 15) is 0 Å². The van der Waals surface area contributed by atoms with Crippen LogP contribution in [0.3, 0.4) is 0 Å². The Kier molecular flexibility index (Phi) is 4.13. The number of H-pyrrole nitrogens is 1. The Morgan fingerprint density at radius 2 is 2.09 bits per heavy atom. The van der Waals surface area contributed by atoms with Crippen LogP contribution in [0.15, 0.2) is 36.8 Å². The van der Waals surface area contributed by atoms with Crippen LogP contribution in [0.25, 0.3) is 22.3 Å². The standard InChI is InChI=1S/C24H26N8O/c25-20-16-2-1-7-26-17(16)14-24(20)5-9-31(10-6-24)23-28-21-18(22-27-8-11-32(22)23)19(29-30-21)15-3-12-33-13-4-15/h1-3,7-8,11,20H,4-6,9-10,12-14,25H2,(H,29,30)/t20-/m1/s1. The van der Waals surface area contributed by atoms with E-state index in [1.807, 2.05) is 24.7 Å². The molecule has 6 heterocycles. The molecule has 1 fully saturated rings. The molecule has 0 radical (unpaired) electrons. The number of fused-ring (bicyclic) bond motifs is 4. The van der Waals surface area contributed by atoms with Gasteiger partial charge in [-0.25, -0.2) is 4.98 Å². The first-order chi connectivity index (χ1) is 16.2. The zero-order chi connectivity index (χ0) is 22.0. The fraction of sp³-hybridized carbons (Fsp3) is 0.417. The number of nitrogens with one attached hydrogen (secondary N) is 1. The molecule has 168 valence electrons. The van der Waals surface area contributed by atoms with Crippen molar-refractivity contribution in [2.75, 3.05) is 31.2 Å². The molecule has 7 rings (SSSR count). The number of imidazole rings is 1. The summed E-state index contributed by atoms with van der Waals surface area (Å²) in [5.74, 6) is 0.906. The summed E-state index contributed by atoms with van der Waals surface area (Å²) < 4.78 is 7.58. The van der Waals surface area contributed by atoms with Crippen LogP contribution in [-0.4, -0.2) is 55.9 Å². The first kappa shape index (κ1) is 19.2. The molecule has 9 heteroatoms. The van der Waals surface area contributed by atoms with Crippen molar-refractivity contribution in [1.29, 1.82) is 0 Å². The lowest BCUT2D eigenvalue weighted by Crippen LogP contribution is -2.45. The molecular weight excluding hydrogens is 416 g/mol. The Labute approximate surface area is 190 Å². The summed E-state index contributed by atoms with van der Waals surface area (Å²) >= 11 is 0. The minimum atomic E-state index is 0.0509. The molecule has 1 spiro atoms. The van der Waals surface area contributed by atoms with Crippen LogP contribution in [0.5, 0.6) is 0 Å². The summed E-state index contributed by atoms with van der Waals surface area (Å²) in [4.78, 5) is 16.7. The molecule has 9 nitrogen and oxygen atoms in total. The Hall–Kier alpha value is -3.30. The summed E-state index contributed by atoms with van der Waals surface area (Å²) in [5, 5.41) is 8.76. The number of aromatic amines is 1. The molecular formula is C24H26N8O. The third-order valence-corrected chi connectivity index (χ3v) is 7.79. The maximum Gasteiger partial charge on any atom is 0.213 e. The lowest BCUT2D eigenvalue weighted by Gasteiger charge is -2.42. The van der Waals surface area contributed by atoms with Crippen LogP contribution < -0.4 is 10.6 Å². The van der Waals surface area contributed by atoms with Gasteiger partial charge in [0, 0.05) is 43.4 Å². The van der Waals surface area contributed by atoms with Gasteiger partial charge < -0.3 is 15.4 Å². The highest BCUT2D eigenvalue weighted by Gasteiger charge is 2.46. The largest absolute Gasteiger partial charge is 0.377 e. The molecule has 4 aromatic rings. The van der Waals surface area contributed by atoms with Crippen LogP contribution >= 0.6 is 0 Å². The van der Waals surface area contributed by atoms with E-state index in [0.29, 0.717) is 13.2 Å². The summed E-state index contributed by atoms with van der Waals surface area (Å²) in [6, 6.07) is 4.19. The molecule has 0 saturated carbocycles. The van der Waals surface area contributed by atoms with Gasteiger partial charge in [0.05, 0.1) is 18.6 Å². The van der Waals surface area contributed by atoms with Crippen LogP contribution in [-0.2, 0) is 11.2 Å². The van der Waals surface area contributed by atoms with Crippen molar-refractivity contribution in [3.63, 3.8) is 0 Å². The first-order valence-corrected chi connectivity index (χ1v) is 11.7. The third-order valence-electron chi connectivity index (χ3n) is 7.79. The van der Waals surface area contributed by atoms with Crippen molar-refractivity contribution in [2.24, 2.45) is 11.1 Å². The number of aromatic nitrogens is 6. The average Bonchev–Trinajstić information content (AvgIpc) is 3.57.